The fourth-order valence-corrected chi connectivity index (χ4v) is 3.21. The molecular weight excluding hydrogens is 410 g/mol. The van der Waals surface area contributed by atoms with Crippen molar-refractivity contribution in [1.82, 2.24) is 4.98 Å². The highest BCUT2D eigenvalue weighted by atomic mass is 79.9. The molecule has 3 aromatic rings. The molecule has 0 atom stereocenters. The summed E-state index contributed by atoms with van der Waals surface area (Å²) in [4.78, 5) is 16.3. The summed E-state index contributed by atoms with van der Waals surface area (Å²) in [5.41, 5.74) is 3.40. The summed E-state index contributed by atoms with van der Waals surface area (Å²) in [6, 6.07) is 12.9. The predicted octanol–water partition coefficient (Wildman–Crippen LogP) is 5.43. The van der Waals surface area contributed by atoms with Crippen LogP contribution < -0.4 is 0 Å². The zero-order valence-electron chi connectivity index (χ0n) is 11.6. The number of benzene rings is 2. The van der Waals surface area contributed by atoms with Gasteiger partial charge in [-0.05, 0) is 36.8 Å². The lowest BCUT2D eigenvalue weighted by Crippen LogP contribution is -2.01. The molecule has 0 spiro atoms. The van der Waals surface area contributed by atoms with Gasteiger partial charge in [-0.25, -0.2) is 9.78 Å². The molecule has 22 heavy (non-hydrogen) atoms. The number of aromatic nitrogens is 1. The fraction of sp³-hybridized carbons (Fsp3) is 0.0588. The van der Waals surface area contributed by atoms with Crippen LogP contribution in [0.15, 0.2) is 51.4 Å². The van der Waals surface area contributed by atoms with E-state index in [4.69, 9.17) is 0 Å². The van der Waals surface area contributed by atoms with E-state index in [-0.39, 0.29) is 5.56 Å². The van der Waals surface area contributed by atoms with Gasteiger partial charge in [0.2, 0.25) is 0 Å². The topological polar surface area (TPSA) is 50.2 Å². The zero-order valence-corrected chi connectivity index (χ0v) is 14.8. The summed E-state index contributed by atoms with van der Waals surface area (Å²) in [6.07, 6.45) is 0. The molecule has 1 aromatic heterocycles. The van der Waals surface area contributed by atoms with Crippen molar-refractivity contribution in [2.75, 3.05) is 0 Å². The molecule has 0 radical (unpaired) electrons. The van der Waals surface area contributed by atoms with Gasteiger partial charge in [-0.2, -0.15) is 0 Å². The average molecular weight is 421 g/mol. The Morgan fingerprint density at radius 1 is 1.14 bits per heavy atom. The molecule has 0 aliphatic carbocycles. The number of para-hydroxylation sites is 1. The number of fused-ring (bicyclic) bond motifs is 1. The van der Waals surface area contributed by atoms with Crippen molar-refractivity contribution >= 4 is 48.7 Å². The Morgan fingerprint density at radius 2 is 1.91 bits per heavy atom. The molecule has 0 saturated carbocycles. The van der Waals surface area contributed by atoms with Crippen LogP contribution in [0.5, 0.6) is 0 Å². The number of halogens is 2. The number of aryl methyl sites for hydroxylation is 1. The van der Waals surface area contributed by atoms with Crippen molar-refractivity contribution < 1.29 is 9.90 Å². The quantitative estimate of drug-likeness (QED) is 0.600. The third kappa shape index (κ3) is 2.66. The molecule has 0 amide bonds. The number of nitrogens with zero attached hydrogens (tertiary/aromatic N) is 1. The Balaban J connectivity index is 2.38. The van der Waals surface area contributed by atoms with E-state index in [0.29, 0.717) is 16.6 Å². The Bertz CT molecular complexity index is 907. The Kier molecular flexibility index (Phi) is 4.02. The van der Waals surface area contributed by atoms with Crippen LogP contribution in [0.3, 0.4) is 0 Å². The van der Waals surface area contributed by atoms with Crippen LogP contribution in [0.4, 0.5) is 0 Å². The molecule has 3 rings (SSSR count). The van der Waals surface area contributed by atoms with Crippen LogP contribution in [0.1, 0.15) is 15.9 Å². The first-order chi connectivity index (χ1) is 10.5. The summed E-state index contributed by atoms with van der Waals surface area (Å²) >= 11 is 6.94. The van der Waals surface area contributed by atoms with Gasteiger partial charge in [-0.1, -0.05) is 50.1 Å². The lowest BCUT2D eigenvalue weighted by atomic mass is 10.0. The maximum absolute atomic E-state index is 11.6. The first-order valence-corrected chi connectivity index (χ1v) is 8.15. The first kappa shape index (κ1) is 15.2. The molecule has 2 aromatic carbocycles. The van der Waals surface area contributed by atoms with E-state index >= 15 is 0 Å². The van der Waals surface area contributed by atoms with Gasteiger partial charge in [0.05, 0.1) is 16.8 Å². The van der Waals surface area contributed by atoms with Crippen molar-refractivity contribution in [2.45, 2.75) is 6.92 Å². The SMILES string of the molecule is Cc1cccc2c(C(=O)O)cc(-c3cc(Br)ccc3Br)nc12. The van der Waals surface area contributed by atoms with E-state index < -0.39 is 5.97 Å². The third-order valence-electron chi connectivity index (χ3n) is 3.48. The molecule has 1 N–H and O–H groups in total. The number of carboxylic acid groups (broad SMARTS) is 1. The summed E-state index contributed by atoms with van der Waals surface area (Å²) in [5.74, 6) is -0.953. The van der Waals surface area contributed by atoms with Crippen LogP contribution >= 0.6 is 31.9 Å². The second-order valence-corrected chi connectivity index (χ2v) is 6.73. The van der Waals surface area contributed by atoms with Crippen LogP contribution in [-0.2, 0) is 0 Å². The number of pyridine rings is 1. The Morgan fingerprint density at radius 3 is 2.64 bits per heavy atom. The number of rotatable bonds is 2. The van der Waals surface area contributed by atoms with E-state index in [2.05, 4.69) is 36.8 Å². The minimum Gasteiger partial charge on any atom is -0.478 e. The van der Waals surface area contributed by atoms with Crippen LogP contribution in [-0.4, -0.2) is 16.1 Å². The number of hydrogen-bond donors (Lipinski definition) is 1. The largest absolute Gasteiger partial charge is 0.478 e. The molecule has 0 fully saturated rings. The molecule has 0 unspecified atom stereocenters. The van der Waals surface area contributed by atoms with Gasteiger partial charge in [-0.3, -0.25) is 0 Å². The molecule has 0 saturated heterocycles. The number of hydrogen-bond acceptors (Lipinski definition) is 2. The van der Waals surface area contributed by atoms with Gasteiger partial charge in [0, 0.05) is 19.9 Å². The standard InChI is InChI=1S/C17H11Br2NO2/c1-9-3-2-4-11-12(17(21)22)8-15(20-16(9)11)13-7-10(18)5-6-14(13)19/h2-8H,1H3,(H,21,22). The fourth-order valence-electron chi connectivity index (χ4n) is 2.40. The van der Waals surface area contributed by atoms with Crippen molar-refractivity contribution in [3.63, 3.8) is 0 Å². The molecule has 5 heteroatoms. The van der Waals surface area contributed by atoms with E-state index in [9.17, 15) is 9.90 Å². The van der Waals surface area contributed by atoms with Gasteiger partial charge >= 0.3 is 5.97 Å². The predicted molar refractivity (Wildman–Crippen MR) is 94.3 cm³/mol. The molecule has 0 aliphatic rings. The highest BCUT2D eigenvalue weighted by Gasteiger charge is 2.15. The van der Waals surface area contributed by atoms with Crippen molar-refractivity contribution in [2.24, 2.45) is 0 Å². The average Bonchev–Trinajstić information content (AvgIpc) is 2.49. The van der Waals surface area contributed by atoms with E-state index in [1.54, 1.807) is 12.1 Å². The summed E-state index contributed by atoms with van der Waals surface area (Å²) < 4.78 is 1.78. The van der Waals surface area contributed by atoms with E-state index in [1.165, 1.54) is 0 Å². The minimum absolute atomic E-state index is 0.260. The van der Waals surface area contributed by atoms with Crippen LogP contribution in [0, 0.1) is 6.92 Å². The molecule has 0 aliphatic heterocycles. The normalized spacial score (nSPS) is 10.9. The number of carboxylic acids is 1. The number of aromatic carboxylic acids is 1. The van der Waals surface area contributed by atoms with Gasteiger partial charge in [0.1, 0.15) is 0 Å². The van der Waals surface area contributed by atoms with Gasteiger partial charge in [0.25, 0.3) is 0 Å². The van der Waals surface area contributed by atoms with Crippen molar-refractivity contribution in [3.05, 3.63) is 62.5 Å². The first-order valence-electron chi connectivity index (χ1n) is 6.56. The maximum Gasteiger partial charge on any atom is 0.336 e. The molecular formula is C17H11Br2NO2. The monoisotopic (exact) mass is 419 g/mol. The summed E-state index contributed by atoms with van der Waals surface area (Å²) in [6.45, 7) is 1.93. The Labute approximate surface area is 144 Å². The summed E-state index contributed by atoms with van der Waals surface area (Å²) in [7, 11) is 0. The van der Waals surface area contributed by atoms with Crippen LogP contribution in [0.25, 0.3) is 22.2 Å². The van der Waals surface area contributed by atoms with E-state index in [1.807, 2.05) is 37.3 Å². The van der Waals surface area contributed by atoms with Crippen molar-refractivity contribution in [3.8, 4) is 11.3 Å². The zero-order chi connectivity index (χ0) is 15.9. The maximum atomic E-state index is 11.6. The lowest BCUT2D eigenvalue weighted by molar-refractivity contribution is 0.0699. The van der Waals surface area contributed by atoms with E-state index in [0.717, 1.165) is 20.1 Å². The smallest absolute Gasteiger partial charge is 0.336 e. The van der Waals surface area contributed by atoms with Crippen molar-refractivity contribution in [1.29, 1.82) is 0 Å². The Hall–Kier alpha value is -1.72. The van der Waals surface area contributed by atoms with Gasteiger partial charge < -0.3 is 5.11 Å². The highest BCUT2D eigenvalue weighted by molar-refractivity contribution is 9.11. The minimum atomic E-state index is -0.953. The second-order valence-electron chi connectivity index (χ2n) is 4.96. The molecule has 0 bridgehead atoms. The third-order valence-corrected chi connectivity index (χ3v) is 4.66. The number of carbonyl (C=O) groups is 1. The highest BCUT2D eigenvalue weighted by Crippen LogP contribution is 2.33. The molecule has 3 nitrogen and oxygen atoms in total. The summed E-state index contributed by atoms with van der Waals surface area (Å²) in [5, 5.41) is 10.2. The second kappa shape index (κ2) is 5.82. The molecule has 110 valence electrons. The van der Waals surface area contributed by atoms with Gasteiger partial charge in [-0.15, -0.1) is 0 Å². The van der Waals surface area contributed by atoms with Gasteiger partial charge in [0.15, 0.2) is 0 Å². The molecule has 1 heterocycles. The lowest BCUT2D eigenvalue weighted by Gasteiger charge is -2.10. The van der Waals surface area contributed by atoms with Crippen LogP contribution in [0.2, 0.25) is 0 Å².